The van der Waals surface area contributed by atoms with E-state index in [2.05, 4.69) is 9.71 Å². The van der Waals surface area contributed by atoms with Crippen LogP contribution in [-0.2, 0) is 10.0 Å². The third kappa shape index (κ3) is 2.73. The molecule has 17 heavy (non-hydrogen) atoms. The van der Waals surface area contributed by atoms with Crippen LogP contribution in [0.15, 0.2) is 58.4 Å². The molecule has 1 aromatic heterocycles. The molecule has 0 fully saturated rings. The highest BCUT2D eigenvalue weighted by molar-refractivity contribution is 7.92. The van der Waals surface area contributed by atoms with Crippen molar-refractivity contribution in [2.24, 2.45) is 0 Å². The van der Waals surface area contributed by atoms with Crippen LogP contribution < -0.4 is 10.3 Å². The number of aromatic amines is 1. The fourth-order valence-electron chi connectivity index (χ4n) is 1.29. The number of benzene rings is 1. The molecule has 0 spiro atoms. The molecule has 88 valence electrons. The van der Waals surface area contributed by atoms with Gasteiger partial charge in [-0.25, -0.2) is 8.42 Å². The molecule has 0 unspecified atom stereocenters. The summed E-state index contributed by atoms with van der Waals surface area (Å²) in [7, 11) is -3.60. The van der Waals surface area contributed by atoms with Crippen molar-refractivity contribution in [1.29, 1.82) is 0 Å². The van der Waals surface area contributed by atoms with Gasteiger partial charge in [0.15, 0.2) is 0 Å². The Morgan fingerprint density at radius 3 is 2.29 bits per heavy atom. The molecule has 0 bridgehead atoms. The maximum atomic E-state index is 11.9. The van der Waals surface area contributed by atoms with Gasteiger partial charge < -0.3 is 4.98 Å². The summed E-state index contributed by atoms with van der Waals surface area (Å²) in [6, 6.07) is 10.7. The molecule has 6 heteroatoms. The Hall–Kier alpha value is -2.08. The van der Waals surface area contributed by atoms with Crippen LogP contribution in [0.3, 0.4) is 0 Å². The lowest BCUT2D eigenvalue weighted by molar-refractivity contribution is 0.601. The zero-order valence-corrected chi connectivity index (χ0v) is 9.57. The Bertz CT molecular complexity index is 642. The van der Waals surface area contributed by atoms with Crippen LogP contribution in [-0.4, -0.2) is 13.4 Å². The topological polar surface area (TPSA) is 79.0 Å². The average molecular weight is 250 g/mol. The highest BCUT2D eigenvalue weighted by atomic mass is 32.2. The molecule has 2 rings (SSSR count). The Morgan fingerprint density at radius 2 is 1.71 bits per heavy atom. The van der Waals surface area contributed by atoms with Gasteiger partial charge in [0.2, 0.25) is 5.56 Å². The molecule has 2 N–H and O–H groups in total. The van der Waals surface area contributed by atoms with Gasteiger partial charge in [0.25, 0.3) is 10.0 Å². The summed E-state index contributed by atoms with van der Waals surface area (Å²) in [5, 5.41) is 0. The first kappa shape index (κ1) is 11.4. The SMILES string of the molecule is O=c1ccc(NS(=O)(=O)c2ccccc2)c[nH]1. The predicted molar refractivity (Wildman–Crippen MR) is 64.3 cm³/mol. The second-order valence-corrected chi connectivity index (χ2v) is 5.04. The van der Waals surface area contributed by atoms with E-state index >= 15 is 0 Å². The molecule has 0 atom stereocenters. The van der Waals surface area contributed by atoms with E-state index in [0.29, 0.717) is 5.69 Å². The Labute approximate surface area is 98.2 Å². The van der Waals surface area contributed by atoms with Crippen LogP contribution in [0.25, 0.3) is 0 Å². The first-order chi connectivity index (χ1) is 8.08. The third-order valence-electron chi connectivity index (χ3n) is 2.09. The summed E-state index contributed by atoms with van der Waals surface area (Å²) in [4.78, 5) is 13.4. The van der Waals surface area contributed by atoms with Gasteiger partial charge in [0, 0.05) is 12.3 Å². The first-order valence-electron chi connectivity index (χ1n) is 4.84. The molecule has 0 radical (unpaired) electrons. The van der Waals surface area contributed by atoms with E-state index in [0.717, 1.165) is 0 Å². The second-order valence-electron chi connectivity index (χ2n) is 3.36. The smallest absolute Gasteiger partial charge is 0.261 e. The van der Waals surface area contributed by atoms with E-state index in [1.807, 2.05) is 0 Å². The molecule has 1 heterocycles. The molecular formula is C11H10N2O3S. The Morgan fingerprint density at radius 1 is 1.00 bits per heavy atom. The number of hydrogen-bond donors (Lipinski definition) is 2. The fraction of sp³-hybridized carbons (Fsp3) is 0. The van der Waals surface area contributed by atoms with Crippen molar-refractivity contribution in [2.45, 2.75) is 4.90 Å². The number of hydrogen-bond acceptors (Lipinski definition) is 3. The normalized spacial score (nSPS) is 11.1. The van der Waals surface area contributed by atoms with Gasteiger partial charge in [-0.3, -0.25) is 9.52 Å². The van der Waals surface area contributed by atoms with Gasteiger partial charge >= 0.3 is 0 Å². The lowest BCUT2D eigenvalue weighted by Crippen LogP contribution is -2.14. The summed E-state index contributed by atoms with van der Waals surface area (Å²) in [6.45, 7) is 0. The van der Waals surface area contributed by atoms with Crippen LogP contribution in [0.1, 0.15) is 0 Å². The zero-order valence-electron chi connectivity index (χ0n) is 8.75. The van der Waals surface area contributed by atoms with Crippen LogP contribution in [0.5, 0.6) is 0 Å². The lowest BCUT2D eigenvalue weighted by Gasteiger charge is -2.06. The Kier molecular flexibility index (Phi) is 2.97. The van der Waals surface area contributed by atoms with Crippen LogP contribution in [0.2, 0.25) is 0 Å². The van der Waals surface area contributed by atoms with Crippen LogP contribution in [0.4, 0.5) is 5.69 Å². The first-order valence-corrected chi connectivity index (χ1v) is 6.33. The number of aromatic nitrogens is 1. The van der Waals surface area contributed by atoms with Gasteiger partial charge in [-0.05, 0) is 18.2 Å². The molecule has 0 aliphatic heterocycles. The van der Waals surface area contributed by atoms with E-state index < -0.39 is 10.0 Å². The van der Waals surface area contributed by atoms with Gasteiger partial charge in [-0.2, -0.15) is 0 Å². The monoisotopic (exact) mass is 250 g/mol. The van der Waals surface area contributed by atoms with Crippen molar-refractivity contribution >= 4 is 15.7 Å². The van der Waals surface area contributed by atoms with E-state index in [4.69, 9.17) is 0 Å². The number of H-pyrrole nitrogens is 1. The summed E-state index contributed by atoms with van der Waals surface area (Å²) < 4.78 is 26.1. The van der Waals surface area contributed by atoms with Gasteiger partial charge in [-0.1, -0.05) is 18.2 Å². The summed E-state index contributed by atoms with van der Waals surface area (Å²) >= 11 is 0. The Balaban J connectivity index is 2.30. The van der Waals surface area contributed by atoms with Crippen molar-refractivity contribution in [3.05, 3.63) is 59.0 Å². The van der Waals surface area contributed by atoms with Gasteiger partial charge in [0.05, 0.1) is 10.6 Å². The van der Waals surface area contributed by atoms with Crippen molar-refractivity contribution < 1.29 is 8.42 Å². The molecule has 0 saturated heterocycles. The average Bonchev–Trinajstić information content (AvgIpc) is 2.33. The highest BCUT2D eigenvalue weighted by Crippen LogP contribution is 2.13. The molecule has 0 aliphatic carbocycles. The number of rotatable bonds is 3. The third-order valence-corrected chi connectivity index (χ3v) is 3.49. The molecular weight excluding hydrogens is 240 g/mol. The molecule has 0 amide bonds. The van der Waals surface area contributed by atoms with Gasteiger partial charge in [0.1, 0.15) is 0 Å². The van der Waals surface area contributed by atoms with Crippen LogP contribution in [0, 0.1) is 0 Å². The van der Waals surface area contributed by atoms with Crippen LogP contribution >= 0.6 is 0 Å². The number of nitrogens with one attached hydrogen (secondary N) is 2. The maximum absolute atomic E-state index is 11.9. The van der Waals surface area contributed by atoms with Crippen molar-refractivity contribution in [2.75, 3.05) is 4.72 Å². The maximum Gasteiger partial charge on any atom is 0.261 e. The largest absolute Gasteiger partial charge is 0.327 e. The lowest BCUT2D eigenvalue weighted by atomic mass is 10.4. The minimum absolute atomic E-state index is 0.172. The molecule has 0 aliphatic rings. The number of anilines is 1. The summed E-state index contributed by atoms with van der Waals surface area (Å²) in [5.41, 5.74) is 0.0288. The highest BCUT2D eigenvalue weighted by Gasteiger charge is 2.12. The van der Waals surface area contributed by atoms with E-state index in [9.17, 15) is 13.2 Å². The van der Waals surface area contributed by atoms with E-state index in [1.54, 1.807) is 18.2 Å². The van der Waals surface area contributed by atoms with Crippen molar-refractivity contribution in [3.8, 4) is 0 Å². The van der Waals surface area contributed by atoms with Crippen molar-refractivity contribution in [3.63, 3.8) is 0 Å². The predicted octanol–water partition coefficient (Wildman–Crippen LogP) is 1.18. The molecule has 1 aromatic carbocycles. The quantitative estimate of drug-likeness (QED) is 0.858. The minimum atomic E-state index is -3.60. The molecule has 5 nitrogen and oxygen atoms in total. The summed E-state index contributed by atoms with van der Waals surface area (Å²) in [6.07, 6.45) is 1.31. The number of pyridine rings is 1. The number of sulfonamides is 1. The van der Waals surface area contributed by atoms with Gasteiger partial charge in [-0.15, -0.1) is 0 Å². The second kappa shape index (κ2) is 4.42. The standard InChI is InChI=1S/C11H10N2O3S/c14-11-7-6-9(8-12-11)13-17(15,16)10-4-2-1-3-5-10/h1-8,13H,(H,12,14). The zero-order chi connectivity index (χ0) is 12.3. The fourth-order valence-corrected chi connectivity index (χ4v) is 2.36. The van der Waals surface area contributed by atoms with Crippen molar-refractivity contribution in [1.82, 2.24) is 4.98 Å². The minimum Gasteiger partial charge on any atom is -0.327 e. The molecule has 2 aromatic rings. The molecule has 0 saturated carbocycles. The van der Waals surface area contributed by atoms with E-state index in [1.165, 1.54) is 30.5 Å². The summed E-state index contributed by atoms with van der Waals surface area (Å²) in [5.74, 6) is 0. The van der Waals surface area contributed by atoms with E-state index in [-0.39, 0.29) is 10.5 Å².